The van der Waals surface area contributed by atoms with E-state index < -0.39 is 17.5 Å². The molecule has 0 saturated heterocycles. The Morgan fingerprint density at radius 3 is 2.63 bits per heavy atom. The smallest absolute Gasteiger partial charge is 0.329 e. The lowest BCUT2D eigenvalue weighted by Gasteiger charge is -2.38. The fourth-order valence-electron chi connectivity index (χ4n) is 2.08. The molecule has 1 aliphatic rings. The van der Waals surface area contributed by atoms with Gasteiger partial charge in [0.2, 0.25) is 0 Å². The maximum Gasteiger partial charge on any atom is 0.329 e. The van der Waals surface area contributed by atoms with E-state index in [1.54, 1.807) is 25.3 Å². The molecule has 1 aliphatic carbocycles. The Balaban J connectivity index is 1.93. The molecule has 0 aromatic carbocycles. The van der Waals surface area contributed by atoms with E-state index in [1.807, 2.05) is 6.07 Å². The van der Waals surface area contributed by atoms with E-state index in [1.165, 1.54) is 0 Å². The molecule has 3 N–H and O–H groups in total. The molecule has 1 aromatic rings. The van der Waals surface area contributed by atoms with Crippen molar-refractivity contribution >= 4 is 12.0 Å². The highest BCUT2D eigenvalue weighted by Crippen LogP contribution is 2.31. The van der Waals surface area contributed by atoms with Gasteiger partial charge in [-0.25, -0.2) is 9.59 Å². The number of carboxylic acids is 1. The van der Waals surface area contributed by atoms with Gasteiger partial charge in [0.1, 0.15) is 5.54 Å². The van der Waals surface area contributed by atoms with Gasteiger partial charge in [-0.1, -0.05) is 6.07 Å². The molecule has 102 valence electrons. The van der Waals surface area contributed by atoms with Crippen molar-refractivity contribution in [3.63, 3.8) is 0 Å². The second-order valence-corrected chi connectivity index (χ2v) is 4.82. The topological polar surface area (TPSA) is 91.3 Å². The van der Waals surface area contributed by atoms with E-state index in [2.05, 4.69) is 15.6 Å². The quantitative estimate of drug-likeness (QED) is 0.766. The summed E-state index contributed by atoms with van der Waals surface area (Å²) in [5.74, 6) is -0.973. The Morgan fingerprint density at radius 2 is 2.16 bits per heavy atom. The summed E-state index contributed by atoms with van der Waals surface area (Å²) in [6.07, 6.45) is 3.43. The van der Waals surface area contributed by atoms with Gasteiger partial charge in [-0.2, -0.15) is 0 Å². The van der Waals surface area contributed by atoms with Crippen LogP contribution in [-0.2, 0) is 4.79 Å². The third-order valence-electron chi connectivity index (χ3n) is 3.45. The fourth-order valence-corrected chi connectivity index (χ4v) is 2.08. The summed E-state index contributed by atoms with van der Waals surface area (Å²) >= 11 is 0. The summed E-state index contributed by atoms with van der Waals surface area (Å²) in [6, 6.07) is 4.70. The maximum atomic E-state index is 11.8. The minimum atomic E-state index is -1.09. The van der Waals surface area contributed by atoms with Crippen molar-refractivity contribution in [2.24, 2.45) is 0 Å². The molecular formula is C13H17N3O3. The Hall–Kier alpha value is -2.11. The summed E-state index contributed by atoms with van der Waals surface area (Å²) < 4.78 is 0. The predicted molar refractivity (Wildman–Crippen MR) is 68.5 cm³/mol. The Morgan fingerprint density at radius 1 is 1.42 bits per heavy atom. The van der Waals surface area contributed by atoms with Crippen molar-refractivity contribution in [1.82, 2.24) is 15.6 Å². The number of pyridine rings is 1. The van der Waals surface area contributed by atoms with Crippen LogP contribution in [0.1, 0.15) is 37.9 Å². The van der Waals surface area contributed by atoms with E-state index in [-0.39, 0.29) is 6.04 Å². The van der Waals surface area contributed by atoms with Crippen LogP contribution >= 0.6 is 0 Å². The number of rotatable bonds is 4. The van der Waals surface area contributed by atoms with Crippen molar-refractivity contribution in [3.05, 3.63) is 30.1 Å². The number of urea groups is 1. The summed E-state index contributed by atoms with van der Waals surface area (Å²) in [5.41, 5.74) is -0.357. The number of amides is 2. The maximum absolute atomic E-state index is 11.8. The van der Waals surface area contributed by atoms with Gasteiger partial charge in [-0.3, -0.25) is 4.98 Å². The van der Waals surface area contributed by atoms with Crippen LogP contribution in [-0.4, -0.2) is 27.6 Å². The summed E-state index contributed by atoms with van der Waals surface area (Å²) in [7, 11) is 0. The molecule has 2 rings (SSSR count). The lowest BCUT2D eigenvalue weighted by atomic mass is 9.77. The van der Waals surface area contributed by atoms with Crippen molar-refractivity contribution in [3.8, 4) is 0 Å². The normalized spacial score (nSPS) is 17.9. The van der Waals surface area contributed by atoms with Crippen LogP contribution in [0.25, 0.3) is 0 Å². The molecule has 1 aromatic heterocycles. The van der Waals surface area contributed by atoms with Gasteiger partial charge in [-0.15, -0.1) is 0 Å². The van der Waals surface area contributed by atoms with E-state index in [4.69, 9.17) is 5.11 Å². The van der Waals surface area contributed by atoms with Crippen molar-refractivity contribution < 1.29 is 14.7 Å². The molecule has 0 spiro atoms. The molecular weight excluding hydrogens is 246 g/mol. The lowest BCUT2D eigenvalue weighted by Crippen LogP contribution is -2.61. The number of hydrogen-bond acceptors (Lipinski definition) is 3. The van der Waals surface area contributed by atoms with E-state index in [0.717, 1.165) is 12.1 Å². The van der Waals surface area contributed by atoms with Crippen LogP contribution in [0.3, 0.4) is 0 Å². The molecule has 1 unspecified atom stereocenters. The van der Waals surface area contributed by atoms with Crippen LogP contribution in [0.2, 0.25) is 0 Å². The molecule has 1 saturated carbocycles. The first kappa shape index (κ1) is 13.3. The molecule has 6 nitrogen and oxygen atoms in total. The highest BCUT2D eigenvalue weighted by Gasteiger charge is 2.45. The molecule has 2 amide bonds. The number of nitrogens with zero attached hydrogens (tertiary/aromatic N) is 1. The van der Waals surface area contributed by atoms with Crippen LogP contribution in [0, 0.1) is 0 Å². The number of nitrogens with one attached hydrogen (secondary N) is 2. The van der Waals surface area contributed by atoms with Gasteiger partial charge in [0.05, 0.1) is 11.7 Å². The first-order chi connectivity index (χ1) is 9.03. The summed E-state index contributed by atoms with van der Waals surface area (Å²) in [5, 5.41) is 14.4. The van der Waals surface area contributed by atoms with Crippen molar-refractivity contribution in [2.75, 3.05) is 0 Å². The highest BCUT2D eigenvalue weighted by molar-refractivity contribution is 5.87. The molecule has 0 aliphatic heterocycles. The average Bonchev–Trinajstić information content (AvgIpc) is 2.34. The summed E-state index contributed by atoms with van der Waals surface area (Å²) in [4.78, 5) is 27.1. The zero-order valence-electron chi connectivity index (χ0n) is 10.7. The highest BCUT2D eigenvalue weighted by atomic mass is 16.4. The first-order valence-electron chi connectivity index (χ1n) is 6.26. The predicted octanol–water partition coefficient (Wildman–Crippen LogP) is 1.45. The van der Waals surface area contributed by atoms with Gasteiger partial charge in [0.15, 0.2) is 0 Å². The summed E-state index contributed by atoms with van der Waals surface area (Å²) in [6.45, 7) is 1.80. The Bertz CT molecular complexity index is 471. The van der Waals surface area contributed by atoms with Crippen molar-refractivity contribution in [2.45, 2.75) is 37.8 Å². The Kier molecular flexibility index (Phi) is 3.69. The third kappa shape index (κ3) is 2.83. The number of carboxylic acid groups (broad SMARTS) is 1. The Labute approximate surface area is 111 Å². The third-order valence-corrected chi connectivity index (χ3v) is 3.45. The van der Waals surface area contributed by atoms with Gasteiger partial charge in [-0.05, 0) is 38.3 Å². The van der Waals surface area contributed by atoms with Gasteiger partial charge >= 0.3 is 12.0 Å². The van der Waals surface area contributed by atoms with Crippen LogP contribution in [0.4, 0.5) is 4.79 Å². The van der Waals surface area contributed by atoms with E-state index >= 15 is 0 Å². The van der Waals surface area contributed by atoms with Gasteiger partial charge in [0, 0.05) is 6.20 Å². The molecule has 0 bridgehead atoms. The number of aromatic nitrogens is 1. The second kappa shape index (κ2) is 5.26. The van der Waals surface area contributed by atoms with Gasteiger partial charge in [0.25, 0.3) is 0 Å². The van der Waals surface area contributed by atoms with Gasteiger partial charge < -0.3 is 15.7 Å². The zero-order chi connectivity index (χ0) is 13.9. The molecule has 0 radical (unpaired) electrons. The minimum Gasteiger partial charge on any atom is -0.480 e. The molecule has 1 heterocycles. The monoisotopic (exact) mass is 263 g/mol. The van der Waals surface area contributed by atoms with Crippen LogP contribution in [0.5, 0.6) is 0 Å². The SMILES string of the molecule is CC(NC(=O)NC1(C(=O)O)CCC1)c1ccccn1. The lowest BCUT2D eigenvalue weighted by molar-refractivity contribution is -0.148. The molecule has 1 atom stereocenters. The van der Waals surface area contributed by atoms with E-state index in [9.17, 15) is 9.59 Å². The molecule has 1 fully saturated rings. The standard InChI is InChI=1S/C13H17N3O3/c1-9(10-5-2-3-8-14-10)15-12(19)16-13(11(17)18)6-4-7-13/h2-3,5,8-9H,4,6-7H2,1H3,(H,17,18)(H2,15,16,19). The molecule has 6 heteroatoms. The average molecular weight is 263 g/mol. The second-order valence-electron chi connectivity index (χ2n) is 4.82. The zero-order valence-corrected chi connectivity index (χ0v) is 10.7. The van der Waals surface area contributed by atoms with E-state index in [0.29, 0.717) is 12.8 Å². The first-order valence-corrected chi connectivity index (χ1v) is 6.26. The fraction of sp³-hybridized carbons (Fsp3) is 0.462. The molecule has 19 heavy (non-hydrogen) atoms. The largest absolute Gasteiger partial charge is 0.480 e. The number of carbonyl (C=O) groups excluding carboxylic acids is 1. The van der Waals surface area contributed by atoms with Crippen LogP contribution in [0.15, 0.2) is 24.4 Å². The van der Waals surface area contributed by atoms with Crippen molar-refractivity contribution in [1.29, 1.82) is 0 Å². The minimum absolute atomic E-state index is 0.271. The number of carbonyl (C=O) groups is 2. The van der Waals surface area contributed by atoms with Crippen LogP contribution < -0.4 is 10.6 Å². The number of aliphatic carboxylic acids is 1. The number of hydrogen-bond donors (Lipinski definition) is 3.